The lowest BCUT2D eigenvalue weighted by Gasteiger charge is -2.17. The maximum atomic E-state index is 13.3. The molecule has 21 heavy (non-hydrogen) atoms. The molecule has 0 unspecified atom stereocenters. The predicted octanol–water partition coefficient (Wildman–Crippen LogP) is 1.52. The molecular formula is C11H9BrFN5O3. The molecule has 2 N–H and O–H groups in total. The van der Waals surface area contributed by atoms with Gasteiger partial charge in [0.1, 0.15) is 12.9 Å². The van der Waals surface area contributed by atoms with E-state index in [2.05, 4.69) is 40.9 Å². The fraction of sp³-hybridized carbons (Fsp3) is 0.0909. The molecule has 0 fully saturated rings. The number of halogens is 2. The van der Waals surface area contributed by atoms with E-state index in [-0.39, 0.29) is 21.8 Å². The van der Waals surface area contributed by atoms with Crippen LogP contribution in [0, 0.1) is 5.82 Å². The summed E-state index contributed by atoms with van der Waals surface area (Å²) < 4.78 is 17.9. The van der Waals surface area contributed by atoms with Crippen molar-refractivity contribution < 1.29 is 18.7 Å². The number of hydrogen-bond acceptors (Lipinski definition) is 7. The number of carbonyl (C=O) groups is 1. The Bertz CT molecular complexity index is 690. The first-order valence-electron chi connectivity index (χ1n) is 5.47. The summed E-state index contributed by atoms with van der Waals surface area (Å²) in [4.78, 5) is 17.1. The van der Waals surface area contributed by atoms with E-state index in [9.17, 15) is 9.18 Å². The fourth-order valence-corrected chi connectivity index (χ4v) is 1.87. The SMILES string of the molecule is CO/N=C(/c1nonc1N)N(C=O)c1ccc(F)c(Br)c1. The van der Waals surface area contributed by atoms with Gasteiger partial charge in [0.05, 0.1) is 10.2 Å². The zero-order valence-electron chi connectivity index (χ0n) is 10.7. The molecule has 1 aromatic carbocycles. The van der Waals surface area contributed by atoms with E-state index in [1.807, 2.05) is 0 Å². The van der Waals surface area contributed by atoms with Gasteiger partial charge in [0.25, 0.3) is 0 Å². The van der Waals surface area contributed by atoms with Crippen molar-refractivity contribution in [3.8, 4) is 0 Å². The van der Waals surface area contributed by atoms with E-state index < -0.39 is 5.82 Å². The molecule has 10 heteroatoms. The van der Waals surface area contributed by atoms with Crippen molar-refractivity contribution in [1.82, 2.24) is 10.3 Å². The molecule has 0 atom stereocenters. The number of oxime groups is 1. The number of benzene rings is 1. The average Bonchev–Trinajstić information content (AvgIpc) is 2.88. The molecule has 0 saturated heterocycles. The summed E-state index contributed by atoms with van der Waals surface area (Å²) in [5, 5.41) is 10.7. The lowest BCUT2D eigenvalue weighted by atomic mass is 10.2. The minimum absolute atomic E-state index is 0.0180. The van der Waals surface area contributed by atoms with E-state index in [1.165, 1.54) is 25.3 Å². The fourth-order valence-electron chi connectivity index (χ4n) is 1.51. The molecule has 2 aromatic rings. The molecule has 0 spiro atoms. The smallest absolute Gasteiger partial charge is 0.220 e. The van der Waals surface area contributed by atoms with Crippen LogP contribution in [0.2, 0.25) is 0 Å². The standard InChI is InChI=1S/C11H9BrFN5O3/c1-20-17-11(9-10(14)16-21-15-9)18(5-19)6-2-3-8(13)7(12)4-6/h2-5H,1H3,(H2,14,16)/b17-11-. The summed E-state index contributed by atoms with van der Waals surface area (Å²) in [6.45, 7) is 0. The molecule has 0 aliphatic carbocycles. The Morgan fingerprint density at radius 3 is 2.86 bits per heavy atom. The third kappa shape index (κ3) is 2.99. The second-order valence-corrected chi connectivity index (χ2v) is 4.52. The van der Waals surface area contributed by atoms with Gasteiger partial charge >= 0.3 is 0 Å². The van der Waals surface area contributed by atoms with Crippen LogP contribution in [0.1, 0.15) is 5.69 Å². The highest BCUT2D eigenvalue weighted by Gasteiger charge is 2.23. The van der Waals surface area contributed by atoms with Crippen LogP contribution in [0.5, 0.6) is 0 Å². The molecule has 0 aliphatic heterocycles. The van der Waals surface area contributed by atoms with Gasteiger partial charge in [0, 0.05) is 0 Å². The lowest BCUT2D eigenvalue weighted by Crippen LogP contribution is -2.31. The van der Waals surface area contributed by atoms with E-state index in [0.717, 1.165) is 4.90 Å². The summed E-state index contributed by atoms with van der Waals surface area (Å²) in [5.41, 5.74) is 5.91. The number of anilines is 2. The van der Waals surface area contributed by atoms with Crippen molar-refractivity contribution in [3.63, 3.8) is 0 Å². The monoisotopic (exact) mass is 357 g/mol. The second kappa shape index (κ2) is 6.31. The second-order valence-electron chi connectivity index (χ2n) is 3.67. The highest BCUT2D eigenvalue weighted by atomic mass is 79.9. The van der Waals surface area contributed by atoms with Crippen LogP contribution in [0.4, 0.5) is 15.9 Å². The highest BCUT2D eigenvalue weighted by Crippen LogP contribution is 2.24. The van der Waals surface area contributed by atoms with Crippen molar-refractivity contribution in [2.45, 2.75) is 0 Å². The quantitative estimate of drug-likeness (QED) is 0.384. The molecule has 110 valence electrons. The zero-order valence-corrected chi connectivity index (χ0v) is 12.2. The van der Waals surface area contributed by atoms with Crippen LogP contribution in [0.15, 0.2) is 32.5 Å². The first kappa shape index (κ1) is 14.9. The molecular weight excluding hydrogens is 349 g/mol. The number of hydrogen-bond donors (Lipinski definition) is 1. The third-order valence-electron chi connectivity index (χ3n) is 2.42. The van der Waals surface area contributed by atoms with E-state index in [1.54, 1.807) is 0 Å². The number of nitrogens with two attached hydrogens (primary N) is 1. The van der Waals surface area contributed by atoms with Gasteiger partial charge in [0.2, 0.25) is 12.2 Å². The molecule has 2 rings (SSSR count). The predicted molar refractivity (Wildman–Crippen MR) is 74.9 cm³/mol. The van der Waals surface area contributed by atoms with Gasteiger partial charge in [-0.25, -0.2) is 9.02 Å². The van der Waals surface area contributed by atoms with Gasteiger partial charge in [-0.3, -0.25) is 9.69 Å². The Morgan fingerprint density at radius 1 is 1.57 bits per heavy atom. The van der Waals surface area contributed by atoms with Crippen molar-refractivity contribution >= 4 is 39.7 Å². The number of amides is 1. The first-order valence-corrected chi connectivity index (χ1v) is 6.27. The van der Waals surface area contributed by atoms with Crippen LogP contribution < -0.4 is 10.6 Å². The molecule has 0 aliphatic rings. The number of aromatic nitrogens is 2. The Morgan fingerprint density at radius 2 is 2.33 bits per heavy atom. The normalized spacial score (nSPS) is 11.3. The molecule has 1 heterocycles. The molecule has 0 saturated carbocycles. The van der Waals surface area contributed by atoms with Crippen molar-refractivity contribution in [1.29, 1.82) is 0 Å². The first-order chi connectivity index (χ1) is 10.1. The van der Waals surface area contributed by atoms with Gasteiger partial charge in [-0.15, -0.1) is 0 Å². The summed E-state index contributed by atoms with van der Waals surface area (Å²) in [6.07, 6.45) is 0.450. The highest BCUT2D eigenvalue weighted by molar-refractivity contribution is 9.10. The van der Waals surface area contributed by atoms with Gasteiger partial charge in [-0.2, -0.15) is 0 Å². The molecule has 0 radical (unpaired) electrons. The summed E-state index contributed by atoms with van der Waals surface area (Å²) in [7, 11) is 1.28. The summed E-state index contributed by atoms with van der Waals surface area (Å²) in [5.74, 6) is -0.596. The number of rotatable bonds is 4. The number of amidine groups is 1. The van der Waals surface area contributed by atoms with Crippen molar-refractivity contribution in [2.24, 2.45) is 5.16 Å². The van der Waals surface area contributed by atoms with Crippen LogP contribution in [0.3, 0.4) is 0 Å². The van der Waals surface area contributed by atoms with Crippen LogP contribution in [-0.4, -0.2) is 29.7 Å². The Hall–Kier alpha value is -2.49. The van der Waals surface area contributed by atoms with E-state index >= 15 is 0 Å². The van der Waals surface area contributed by atoms with Gasteiger partial charge in [-0.1, -0.05) is 5.16 Å². The topological polar surface area (TPSA) is 107 Å². The molecule has 8 nitrogen and oxygen atoms in total. The maximum absolute atomic E-state index is 13.3. The van der Waals surface area contributed by atoms with E-state index in [4.69, 9.17) is 5.73 Å². The maximum Gasteiger partial charge on any atom is 0.220 e. The van der Waals surface area contributed by atoms with Crippen LogP contribution in [-0.2, 0) is 9.63 Å². The van der Waals surface area contributed by atoms with Crippen LogP contribution >= 0.6 is 15.9 Å². The Kier molecular flexibility index (Phi) is 4.48. The summed E-state index contributed by atoms with van der Waals surface area (Å²) >= 11 is 3.03. The lowest BCUT2D eigenvalue weighted by molar-refractivity contribution is -0.106. The summed E-state index contributed by atoms with van der Waals surface area (Å²) in [6, 6.07) is 3.95. The van der Waals surface area contributed by atoms with Crippen LogP contribution in [0.25, 0.3) is 0 Å². The largest absolute Gasteiger partial charge is 0.397 e. The Balaban J connectivity index is 2.51. The minimum Gasteiger partial charge on any atom is -0.397 e. The molecule has 1 amide bonds. The van der Waals surface area contributed by atoms with E-state index in [0.29, 0.717) is 12.1 Å². The number of nitrogen functional groups attached to an aromatic ring is 1. The van der Waals surface area contributed by atoms with Gasteiger partial charge in [0.15, 0.2) is 11.5 Å². The molecule has 0 bridgehead atoms. The molecule has 1 aromatic heterocycles. The third-order valence-corrected chi connectivity index (χ3v) is 3.03. The zero-order chi connectivity index (χ0) is 15.4. The van der Waals surface area contributed by atoms with Crippen molar-refractivity contribution in [2.75, 3.05) is 17.7 Å². The minimum atomic E-state index is -0.475. The van der Waals surface area contributed by atoms with Gasteiger partial charge < -0.3 is 10.6 Å². The Labute approximate surface area is 126 Å². The van der Waals surface area contributed by atoms with Gasteiger partial charge in [-0.05, 0) is 44.4 Å². The average molecular weight is 358 g/mol. The van der Waals surface area contributed by atoms with Crippen molar-refractivity contribution in [3.05, 3.63) is 34.2 Å². The number of nitrogens with zero attached hydrogens (tertiary/aromatic N) is 4. The number of carbonyl (C=O) groups excluding carboxylic acids is 1.